The Bertz CT molecular complexity index is 373. The van der Waals surface area contributed by atoms with Gasteiger partial charge < -0.3 is 15.0 Å². The number of ether oxygens (including phenoxy) is 1. The molecule has 1 saturated carbocycles. The molecule has 5 nitrogen and oxygen atoms in total. The van der Waals surface area contributed by atoms with Crippen LogP contribution >= 0.6 is 0 Å². The Kier molecular flexibility index (Phi) is 5.34. The van der Waals surface area contributed by atoms with Crippen LogP contribution in [-0.4, -0.2) is 23.3 Å². The molecule has 0 aliphatic heterocycles. The van der Waals surface area contributed by atoms with Gasteiger partial charge in [0.15, 0.2) is 0 Å². The molecule has 0 spiro atoms. The maximum absolute atomic E-state index is 5.71. The van der Waals surface area contributed by atoms with E-state index in [1.54, 1.807) is 0 Å². The fourth-order valence-corrected chi connectivity index (χ4v) is 2.77. The molecule has 0 amide bonds. The van der Waals surface area contributed by atoms with E-state index in [1.807, 2.05) is 6.92 Å². The smallest absolute Gasteiger partial charge is 0.229 e. The molecular formula is C14H25N3O2. The van der Waals surface area contributed by atoms with Gasteiger partial charge in [0.1, 0.15) is 6.10 Å². The van der Waals surface area contributed by atoms with Gasteiger partial charge in [-0.05, 0) is 51.5 Å². The Balaban J connectivity index is 1.97. The van der Waals surface area contributed by atoms with Gasteiger partial charge in [0, 0.05) is 12.5 Å². The lowest BCUT2D eigenvalue weighted by Gasteiger charge is -2.24. The summed E-state index contributed by atoms with van der Waals surface area (Å²) in [6.45, 7) is 5.52. The number of nitrogens with zero attached hydrogens (tertiary/aromatic N) is 2. The van der Waals surface area contributed by atoms with Crippen LogP contribution in [0.3, 0.4) is 0 Å². The van der Waals surface area contributed by atoms with Gasteiger partial charge in [-0.3, -0.25) is 0 Å². The fourth-order valence-electron chi connectivity index (χ4n) is 2.77. The van der Waals surface area contributed by atoms with Crippen molar-refractivity contribution in [2.24, 2.45) is 11.7 Å². The first-order valence-corrected chi connectivity index (χ1v) is 7.43. The summed E-state index contributed by atoms with van der Waals surface area (Å²) in [5, 5.41) is 4.08. The molecule has 108 valence electrons. The Morgan fingerprint density at radius 1 is 1.32 bits per heavy atom. The standard InChI is InChI=1S/C14H25N3O2/c1-3-12(18-4-2)13-16-14(19-17-13)11-7-5-10(9-15)6-8-11/h10-12H,3-9,15H2,1-2H3. The van der Waals surface area contributed by atoms with E-state index in [-0.39, 0.29) is 6.10 Å². The summed E-state index contributed by atoms with van der Waals surface area (Å²) in [7, 11) is 0. The molecule has 2 rings (SSSR count). The topological polar surface area (TPSA) is 74.2 Å². The van der Waals surface area contributed by atoms with Crippen molar-refractivity contribution in [2.45, 2.75) is 58.0 Å². The lowest BCUT2D eigenvalue weighted by atomic mass is 9.82. The molecule has 1 fully saturated rings. The zero-order valence-corrected chi connectivity index (χ0v) is 12.0. The van der Waals surface area contributed by atoms with Crippen LogP contribution in [0, 0.1) is 5.92 Å². The number of rotatable bonds is 6. The second kappa shape index (κ2) is 7.01. The van der Waals surface area contributed by atoms with Crippen molar-refractivity contribution in [1.82, 2.24) is 10.1 Å². The van der Waals surface area contributed by atoms with Crippen LogP contribution in [0.4, 0.5) is 0 Å². The SMILES string of the molecule is CCOC(CC)c1noc(C2CCC(CN)CC2)n1. The van der Waals surface area contributed by atoms with Crippen molar-refractivity contribution in [3.63, 3.8) is 0 Å². The summed E-state index contributed by atoms with van der Waals surface area (Å²) in [6, 6.07) is 0. The summed E-state index contributed by atoms with van der Waals surface area (Å²) in [5.74, 6) is 2.55. The minimum absolute atomic E-state index is 0.0390. The van der Waals surface area contributed by atoms with E-state index in [2.05, 4.69) is 17.1 Å². The minimum atomic E-state index is -0.0390. The molecule has 1 heterocycles. The molecule has 0 aromatic carbocycles. The molecule has 0 bridgehead atoms. The molecule has 0 radical (unpaired) electrons. The molecule has 19 heavy (non-hydrogen) atoms. The van der Waals surface area contributed by atoms with E-state index in [0.29, 0.717) is 24.3 Å². The van der Waals surface area contributed by atoms with Gasteiger partial charge in [0.25, 0.3) is 0 Å². The van der Waals surface area contributed by atoms with Crippen LogP contribution in [0.15, 0.2) is 4.52 Å². The van der Waals surface area contributed by atoms with Crippen molar-refractivity contribution in [3.05, 3.63) is 11.7 Å². The van der Waals surface area contributed by atoms with Crippen molar-refractivity contribution in [1.29, 1.82) is 0 Å². The molecule has 1 aromatic heterocycles. The van der Waals surface area contributed by atoms with Gasteiger partial charge in [-0.15, -0.1) is 0 Å². The maximum atomic E-state index is 5.71. The molecular weight excluding hydrogens is 242 g/mol. The number of aromatic nitrogens is 2. The molecule has 2 N–H and O–H groups in total. The van der Waals surface area contributed by atoms with Crippen LogP contribution in [0.1, 0.15) is 69.7 Å². The average molecular weight is 267 g/mol. The molecule has 1 aliphatic rings. The lowest BCUT2D eigenvalue weighted by Crippen LogP contribution is -2.20. The van der Waals surface area contributed by atoms with E-state index < -0.39 is 0 Å². The molecule has 1 aromatic rings. The summed E-state index contributed by atoms with van der Waals surface area (Å²) >= 11 is 0. The van der Waals surface area contributed by atoms with Gasteiger partial charge in [-0.1, -0.05) is 12.1 Å². The molecule has 0 saturated heterocycles. The van der Waals surface area contributed by atoms with E-state index in [4.69, 9.17) is 15.0 Å². The van der Waals surface area contributed by atoms with E-state index in [0.717, 1.165) is 31.7 Å². The van der Waals surface area contributed by atoms with Crippen LogP contribution in [-0.2, 0) is 4.74 Å². The summed E-state index contributed by atoms with van der Waals surface area (Å²) in [4.78, 5) is 4.54. The van der Waals surface area contributed by atoms with E-state index in [1.165, 1.54) is 12.8 Å². The first-order valence-electron chi connectivity index (χ1n) is 7.43. The minimum Gasteiger partial charge on any atom is -0.370 e. The summed E-state index contributed by atoms with van der Waals surface area (Å²) < 4.78 is 11.0. The summed E-state index contributed by atoms with van der Waals surface area (Å²) in [5.41, 5.74) is 5.71. The molecule has 1 aliphatic carbocycles. The largest absolute Gasteiger partial charge is 0.370 e. The highest BCUT2D eigenvalue weighted by Gasteiger charge is 2.27. The highest BCUT2D eigenvalue weighted by Crippen LogP contribution is 2.35. The highest BCUT2D eigenvalue weighted by molar-refractivity contribution is 4.98. The second-order valence-corrected chi connectivity index (χ2v) is 5.30. The number of nitrogens with two attached hydrogens (primary N) is 1. The first-order chi connectivity index (χ1) is 9.28. The third kappa shape index (κ3) is 3.54. The van der Waals surface area contributed by atoms with Gasteiger partial charge in [-0.25, -0.2) is 0 Å². The second-order valence-electron chi connectivity index (χ2n) is 5.30. The van der Waals surface area contributed by atoms with Crippen molar-refractivity contribution in [2.75, 3.05) is 13.2 Å². The van der Waals surface area contributed by atoms with Gasteiger partial charge in [0.05, 0.1) is 0 Å². The zero-order valence-electron chi connectivity index (χ0n) is 12.0. The Labute approximate surface area is 114 Å². The van der Waals surface area contributed by atoms with Gasteiger partial charge in [0.2, 0.25) is 11.7 Å². The Morgan fingerprint density at radius 2 is 2.05 bits per heavy atom. The van der Waals surface area contributed by atoms with Crippen molar-refractivity contribution >= 4 is 0 Å². The average Bonchev–Trinajstić information content (AvgIpc) is 2.94. The number of hydrogen-bond acceptors (Lipinski definition) is 5. The van der Waals surface area contributed by atoms with E-state index >= 15 is 0 Å². The van der Waals surface area contributed by atoms with Crippen LogP contribution in [0.25, 0.3) is 0 Å². The lowest BCUT2D eigenvalue weighted by molar-refractivity contribution is 0.0518. The van der Waals surface area contributed by atoms with Crippen molar-refractivity contribution < 1.29 is 9.26 Å². The molecule has 1 atom stereocenters. The normalized spacial score (nSPS) is 25.4. The van der Waals surface area contributed by atoms with Crippen LogP contribution in [0.5, 0.6) is 0 Å². The third-order valence-electron chi connectivity index (χ3n) is 4.01. The predicted octanol–water partition coefficient (Wildman–Crippen LogP) is 2.79. The zero-order chi connectivity index (χ0) is 13.7. The molecule has 1 unspecified atom stereocenters. The van der Waals surface area contributed by atoms with Gasteiger partial charge in [-0.2, -0.15) is 4.98 Å². The van der Waals surface area contributed by atoms with Crippen molar-refractivity contribution in [3.8, 4) is 0 Å². The Morgan fingerprint density at radius 3 is 2.63 bits per heavy atom. The Hall–Kier alpha value is -0.940. The number of hydrogen-bond donors (Lipinski definition) is 1. The predicted molar refractivity (Wildman–Crippen MR) is 72.7 cm³/mol. The fraction of sp³-hybridized carbons (Fsp3) is 0.857. The molecule has 5 heteroatoms. The third-order valence-corrected chi connectivity index (χ3v) is 4.01. The van der Waals surface area contributed by atoms with Crippen LogP contribution in [0.2, 0.25) is 0 Å². The monoisotopic (exact) mass is 267 g/mol. The summed E-state index contributed by atoms with van der Waals surface area (Å²) in [6.07, 6.45) is 5.38. The highest BCUT2D eigenvalue weighted by atomic mass is 16.5. The van der Waals surface area contributed by atoms with E-state index in [9.17, 15) is 0 Å². The quantitative estimate of drug-likeness (QED) is 0.857. The van der Waals surface area contributed by atoms with Crippen LogP contribution < -0.4 is 5.73 Å². The van der Waals surface area contributed by atoms with Gasteiger partial charge >= 0.3 is 0 Å². The maximum Gasteiger partial charge on any atom is 0.229 e. The first kappa shape index (κ1) is 14.5.